The first-order chi connectivity index (χ1) is 5.33. The van der Waals surface area contributed by atoms with Crippen LogP contribution in [0.2, 0.25) is 0 Å². The monoisotopic (exact) mass is 161 g/mol. The van der Waals surface area contributed by atoms with Crippen molar-refractivity contribution in [2.45, 2.75) is 60.3 Å². The minimum atomic E-state index is 0.750. The molecule has 0 bridgehead atoms. The highest BCUT2D eigenvalue weighted by molar-refractivity contribution is 4.31. The van der Waals surface area contributed by atoms with Gasteiger partial charge < -0.3 is 5.73 Å². The Morgan fingerprint density at radius 1 is 0.818 bits per heavy atom. The molecule has 0 saturated heterocycles. The zero-order valence-electron chi connectivity index (χ0n) is 9.11. The summed E-state index contributed by atoms with van der Waals surface area (Å²) in [6.07, 6.45) is 5.54. The van der Waals surface area contributed by atoms with E-state index in [1.165, 1.54) is 25.7 Å². The molecule has 0 aromatic heterocycles. The van der Waals surface area contributed by atoms with Crippen LogP contribution in [0.4, 0.5) is 0 Å². The Hall–Kier alpha value is -0.0400. The van der Waals surface area contributed by atoms with Crippen molar-refractivity contribution in [1.29, 1.82) is 0 Å². The maximum Gasteiger partial charge on any atom is -0.0106 e. The fourth-order valence-corrected chi connectivity index (χ4v) is 0.500. The van der Waals surface area contributed by atoms with E-state index in [0.29, 0.717) is 0 Å². The van der Waals surface area contributed by atoms with Gasteiger partial charge in [0.2, 0.25) is 0 Å². The first-order valence-electron chi connectivity index (χ1n) is 5.03. The lowest BCUT2D eigenvalue weighted by Crippen LogP contribution is -1.87. The Labute approximate surface area is 73.4 Å². The van der Waals surface area contributed by atoms with Crippen molar-refractivity contribution in [3.05, 3.63) is 0 Å². The molecule has 0 aliphatic carbocycles. The van der Waals surface area contributed by atoms with Crippen molar-refractivity contribution in [3.63, 3.8) is 0 Å². The minimum Gasteiger partial charge on any atom is -0.331 e. The minimum absolute atomic E-state index is 0.750. The second-order valence-corrected chi connectivity index (χ2v) is 2.12. The SMILES string of the molecule is CC.CCCCCC.CCN. The van der Waals surface area contributed by atoms with Gasteiger partial charge in [-0.15, -0.1) is 0 Å². The molecule has 0 aliphatic rings. The summed E-state index contributed by atoms with van der Waals surface area (Å²) in [5.74, 6) is 0. The molecule has 1 heteroatoms. The molecular formula is C10H27N. The number of nitrogens with two attached hydrogens (primary N) is 1. The van der Waals surface area contributed by atoms with E-state index in [-0.39, 0.29) is 0 Å². The second-order valence-electron chi connectivity index (χ2n) is 2.12. The summed E-state index contributed by atoms with van der Waals surface area (Å²) in [7, 11) is 0. The normalized spacial score (nSPS) is 7.09. The highest BCUT2D eigenvalue weighted by atomic mass is 14.5. The highest BCUT2D eigenvalue weighted by Crippen LogP contribution is 1.95. The van der Waals surface area contributed by atoms with Crippen molar-refractivity contribution in [2.75, 3.05) is 6.54 Å². The van der Waals surface area contributed by atoms with Crippen LogP contribution in [0.15, 0.2) is 0 Å². The molecule has 72 valence electrons. The number of unbranched alkanes of at least 4 members (excludes halogenated alkanes) is 3. The maximum atomic E-state index is 4.85. The predicted molar refractivity (Wildman–Crippen MR) is 55.9 cm³/mol. The summed E-state index contributed by atoms with van der Waals surface area (Å²) in [6.45, 7) is 11.1. The number of hydrogen-bond donors (Lipinski definition) is 1. The van der Waals surface area contributed by atoms with Gasteiger partial charge >= 0.3 is 0 Å². The number of rotatable bonds is 3. The van der Waals surface area contributed by atoms with Gasteiger partial charge in [-0.25, -0.2) is 0 Å². The second kappa shape index (κ2) is 32.5. The van der Waals surface area contributed by atoms with E-state index in [1.807, 2.05) is 20.8 Å². The molecule has 0 fully saturated rings. The molecule has 0 rings (SSSR count). The fourth-order valence-electron chi connectivity index (χ4n) is 0.500. The van der Waals surface area contributed by atoms with Gasteiger partial charge in [0.15, 0.2) is 0 Å². The van der Waals surface area contributed by atoms with Crippen LogP contribution in [0, 0.1) is 0 Å². The third kappa shape index (κ3) is 72.0. The fraction of sp³-hybridized carbons (Fsp3) is 1.00. The quantitative estimate of drug-likeness (QED) is 0.629. The Kier molecular flexibility index (Phi) is 50.7. The van der Waals surface area contributed by atoms with E-state index in [4.69, 9.17) is 5.73 Å². The van der Waals surface area contributed by atoms with Crippen molar-refractivity contribution < 1.29 is 0 Å². The third-order valence-electron chi connectivity index (χ3n) is 0.957. The zero-order chi connectivity index (χ0) is 9.54. The van der Waals surface area contributed by atoms with Gasteiger partial charge in [-0.2, -0.15) is 0 Å². The lowest BCUT2D eigenvalue weighted by molar-refractivity contribution is 0.702. The van der Waals surface area contributed by atoms with Crippen molar-refractivity contribution in [3.8, 4) is 0 Å². The lowest BCUT2D eigenvalue weighted by atomic mass is 10.2. The molecule has 0 radical (unpaired) electrons. The first-order valence-corrected chi connectivity index (χ1v) is 5.03. The summed E-state index contributed by atoms with van der Waals surface area (Å²) in [6, 6.07) is 0. The first kappa shape index (κ1) is 17.2. The van der Waals surface area contributed by atoms with Gasteiger partial charge in [-0.3, -0.25) is 0 Å². The van der Waals surface area contributed by atoms with Gasteiger partial charge in [-0.05, 0) is 6.54 Å². The molecule has 0 saturated carbocycles. The molecule has 0 atom stereocenters. The molecule has 0 amide bonds. The smallest absolute Gasteiger partial charge is 0.0106 e. The highest BCUT2D eigenvalue weighted by Gasteiger charge is 1.75. The summed E-state index contributed by atoms with van der Waals surface area (Å²) < 4.78 is 0. The molecular weight excluding hydrogens is 134 g/mol. The van der Waals surface area contributed by atoms with E-state index in [9.17, 15) is 0 Å². The van der Waals surface area contributed by atoms with E-state index < -0.39 is 0 Å². The van der Waals surface area contributed by atoms with Gasteiger partial charge in [0, 0.05) is 0 Å². The third-order valence-corrected chi connectivity index (χ3v) is 0.957. The molecule has 0 unspecified atom stereocenters. The van der Waals surface area contributed by atoms with Crippen LogP contribution in [0.3, 0.4) is 0 Å². The molecule has 11 heavy (non-hydrogen) atoms. The average Bonchev–Trinajstić information content (AvgIpc) is 2.06. The number of hydrogen-bond acceptors (Lipinski definition) is 1. The summed E-state index contributed by atoms with van der Waals surface area (Å²) in [5.41, 5.74) is 4.85. The summed E-state index contributed by atoms with van der Waals surface area (Å²) >= 11 is 0. The van der Waals surface area contributed by atoms with E-state index in [2.05, 4.69) is 13.8 Å². The van der Waals surface area contributed by atoms with Gasteiger partial charge in [0.1, 0.15) is 0 Å². The zero-order valence-corrected chi connectivity index (χ0v) is 9.11. The van der Waals surface area contributed by atoms with Crippen molar-refractivity contribution in [1.82, 2.24) is 0 Å². The molecule has 0 aliphatic heterocycles. The Morgan fingerprint density at radius 2 is 1.00 bits per heavy atom. The van der Waals surface area contributed by atoms with E-state index in [1.54, 1.807) is 0 Å². The molecule has 0 spiro atoms. The molecule has 0 heterocycles. The van der Waals surface area contributed by atoms with Crippen molar-refractivity contribution >= 4 is 0 Å². The van der Waals surface area contributed by atoms with Crippen LogP contribution in [0.1, 0.15) is 60.3 Å². The van der Waals surface area contributed by atoms with Crippen LogP contribution in [-0.2, 0) is 0 Å². The molecule has 0 aromatic carbocycles. The largest absolute Gasteiger partial charge is 0.331 e. The van der Waals surface area contributed by atoms with E-state index >= 15 is 0 Å². The van der Waals surface area contributed by atoms with Gasteiger partial charge in [-0.1, -0.05) is 60.3 Å². The van der Waals surface area contributed by atoms with Crippen LogP contribution >= 0.6 is 0 Å². The average molecular weight is 161 g/mol. The summed E-state index contributed by atoms with van der Waals surface area (Å²) in [4.78, 5) is 0. The Balaban J connectivity index is -0.000000109. The topological polar surface area (TPSA) is 26.0 Å². The Bertz CT molecular complexity index is 24.1. The summed E-state index contributed by atoms with van der Waals surface area (Å²) in [5, 5.41) is 0. The van der Waals surface area contributed by atoms with Gasteiger partial charge in [0.05, 0.1) is 0 Å². The lowest BCUT2D eigenvalue weighted by Gasteiger charge is -1.86. The molecule has 2 N–H and O–H groups in total. The standard InChI is InChI=1S/C6H14.C2H7N.C2H6/c1-3-5-6-4-2;1-2-3;1-2/h3-6H2,1-2H3;2-3H2,1H3;1-2H3. The van der Waals surface area contributed by atoms with Crippen LogP contribution < -0.4 is 5.73 Å². The van der Waals surface area contributed by atoms with Crippen LogP contribution in [0.25, 0.3) is 0 Å². The molecule has 1 nitrogen and oxygen atoms in total. The Morgan fingerprint density at radius 3 is 1.09 bits per heavy atom. The van der Waals surface area contributed by atoms with E-state index in [0.717, 1.165) is 6.54 Å². The van der Waals surface area contributed by atoms with Crippen LogP contribution in [-0.4, -0.2) is 6.54 Å². The van der Waals surface area contributed by atoms with Crippen LogP contribution in [0.5, 0.6) is 0 Å². The van der Waals surface area contributed by atoms with Gasteiger partial charge in [0.25, 0.3) is 0 Å². The van der Waals surface area contributed by atoms with Crippen molar-refractivity contribution in [2.24, 2.45) is 5.73 Å². The molecule has 0 aromatic rings. The maximum absolute atomic E-state index is 4.85. The predicted octanol–water partition coefficient (Wildman–Crippen LogP) is 3.58.